The molecule has 1 N–H and O–H groups in total. The molecule has 0 aromatic heterocycles. The van der Waals surface area contributed by atoms with Crippen LogP contribution >= 0.6 is 0 Å². The maximum atomic E-state index is 11.9. The molecule has 0 saturated heterocycles. The van der Waals surface area contributed by atoms with Crippen LogP contribution in [0.1, 0.15) is 47.5 Å². The molecule has 23 heavy (non-hydrogen) atoms. The van der Waals surface area contributed by atoms with Crippen molar-refractivity contribution in [1.29, 1.82) is 0 Å². The minimum atomic E-state index is -2.29. The zero-order chi connectivity index (χ0) is 18.4. The molecule has 1 amide bonds. The molecule has 0 fully saturated rings. The van der Waals surface area contributed by atoms with Crippen LogP contribution < -0.4 is 0 Å². The molecule has 0 bridgehead atoms. The van der Waals surface area contributed by atoms with Gasteiger partial charge in [-0.1, -0.05) is 26.5 Å². The van der Waals surface area contributed by atoms with Crippen LogP contribution in [0.3, 0.4) is 0 Å². The van der Waals surface area contributed by atoms with Gasteiger partial charge in [0.05, 0.1) is 0 Å². The number of rotatable bonds is 8. The molecule has 2 atom stereocenters. The molecule has 0 aliphatic carbocycles. The summed E-state index contributed by atoms with van der Waals surface area (Å²) in [6.07, 6.45) is -0.295. The smallest absolute Gasteiger partial charge is 0.336 e. The Kier molecular flexibility index (Phi) is 7.68. The molecule has 0 spiro atoms. The van der Waals surface area contributed by atoms with Gasteiger partial charge in [0.15, 0.2) is 6.23 Å². The van der Waals surface area contributed by atoms with Gasteiger partial charge in [-0.15, -0.1) is 0 Å². The molecule has 0 aromatic rings. The quantitative estimate of drug-likeness (QED) is 0.415. The van der Waals surface area contributed by atoms with Crippen molar-refractivity contribution in [3.63, 3.8) is 0 Å². The number of aliphatic hydroxyl groups is 1. The molecule has 0 aromatic carbocycles. The lowest BCUT2D eigenvalue weighted by molar-refractivity contribution is -0.285. The summed E-state index contributed by atoms with van der Waals surface area (Å²) in [6.45, 7) is 13.8. The van der Waals surface area contributed by atoms with Crippen LogP contribution in [0.4, 0.5) is 0 Å². The third-order valence-electron chi connectivity index (χ3n) is 2.84. The zero-order valence-electron chi connectivity index (χ0n) is 14.3. The predicted molar refractivity (Wildman–Crippen MR) is 83.7 cm³/mol. The maximum absolute atomic E-state index is 11.9. The molecule has 0 saturated carbocycles. The number of carbonyl (C=O) groups excluding carboxylic acids is 3. The highest BCUT2D eigenvalue weighted by Crippen LogP contribution is 2.23. The molecule has 0 rings (SSSR count). The Morgan fingerprint density at radius 1 is 1.13 bits per heavy atom. The first-order chi connectivity index (χ1) is 10.4. The number of esters is 2. The van der Waals surface area contributed by atoms with Gasteiger partial charge in [-0.05, 0) is 13.8 Å². The fourth-order valence-electron chi connectivity index (χ4n) is 1.79. The van der Waals surface area contributed by atoms with E-state index in [0.29, 0.717) is 6.42 Å². The van der Waals surface area contributed by atoms with Crippen LogP contribution in [0.15, 0.2) is 24.3 Å². The first kappa shape index (κ1) is 20.9. The van der Waals surface area contributed by atoms with Crippen LogP contribution in [0.2, 0.25) is 0 Å². The molecule has 0 heterocycles. The van der Waals surface area contributed by atoms with Gasteiger partial charge in [0.1, 0.15) is 0 Å². The summed E-state index contributed by atoms with van der Waals surface area (Å²) in [5, 5.41) is 10.4. The average molecular weight is 327 g/mol. The summed E-state index contributed by atoms with van der Waals surface area (Å²) in [6, 6.07) is 0. The van der Waals surface area contributed by atoms with Gasteiger partial charge in [-0.2, -0.15) is 0 Å². The minimum absolute atomic E-state index is 0.0553. The Morgan fingerprint density at radius 2 is 1.61 bits per heavy atom. The fourth-order valence-corrected chi connectivity index (χ4v) is 1.79. The molecular weight excluding hydrogens is 302 g/mol. The van der Waals surface area contributed by atoms with Crippen molar-refractivity contribution in [2.75, 3.05) is 0 Å². The Labute approximate surface area is 136 Å². The van der Waals surface area contributed by atoms with Crippen LogP contribution in [0.5, 0.6) is 0 Å². The van der Waals surface area contributed by atoms with E-state index in [4.69, 9.17) is 9.47 Å². The van der Waals surface area contributed by atoms with Gasteiger partial charge in [0.25, 0.3) is 5.91 Å². The second-order valence-electron chi connectivity index (χ2n) is 5.42. The van der Waals surface area contributed by atoms with E-state index in [-0.39, 0.29) is 17.6 Å². The van der Waals surface area contributed by atoms with E-state index in [2.05, 4.69) is 13.2 Å². The zero-order valence-corrected chi connectivity index (χ0v) is 14.3. The second kappa shape index (κ2) is 8.47. The van der Waals surface area contributed by atoms with Gasteiger partial charge >= 0.3 is 11.9 Å². The first-order valence-corrected chi connectivity index (χ1v) is 7.21. The number of ether oxygens (including phenoxy) is 2. The van der Waals surface area contributed by atoms with Crippen molar-refractivity contribution in [3.8, 4) is 0 Å². The highest BCUT2D eigenvalue weighted by molar-refractivity contribution is 5.88. The monoisotopic (exact) mass is 327 g/mol. The molecule has 2 unspecified atom stereocenters. The number of hydrogen-bond acceptors (Lipinski definition) is 6. The van der Waals surface area contributed by atoms with Crippen LogP contribution in [0.25, 0.3) is 0 Å². The summed E-state index contributed by atoms with van der Waals surface area (Å²) in [4.78, 5) is 36.2. The standard InChI is InChI=1S/C16H25NO6/c1-8-9-13(22-14(19)10(2)3)17(12(6)18)16(7,21)23-15(20)11(4)5/h13,21H,2,4,8-9H2,1,3,5-7H3. The topological polar surface area (TPSA) is 93.1 Å². The van der Waals surface area contributed by atoms with Crippen molar-refractivity contribution in [3.05, 3.63) is 24.3 Å². The first-order valence-electron chi connectivity index (χ1n) is 7.21. The van der Waals surface area contributed by atoms with E-state index in [1.54, 1.807) is 0 Å². The van der Waals surface area contributed by atoms with E-state index in [1.165, 1.54) is 20.8 Å². The summed E-state index contributed by atoms with van der Waals surface area (Å²) < 4.78 is 10.1. The van der Waals surface area contributed by atoms with Crippen molar-refractivity contribution in [1.82, 2.24) is 4.90 Å². The normalized spacial score (nSPS) is 14.2. The number of nitrogens with zero attached hydrogens (tertiary/aromatic N) is 1. The number of hydrogen-bond donors (Lipinski definition) is 1. The van der Waals surface area contributed by atoms with E-state index in [0.717, 1.165) is 11.8 Å². The van der Waals surface area contributed by atoms with E-state index in [1.807, 2.05) is 6.92 Å². The largest absolute Gasteiger partial charge is 0.438 e. The summed E-state index contributed by atoms with van der Waals surface area (Å²) >= 11 is 0. The number of carbonyl (C=O) groups is 3. The van der Waals surface area contributed by atoms with Crippen LogP contribution in [0, 0.1) is 0 Å². The van der Waals surface area contributed by atoms with Crippen molar-refractivity contribution in [2.24, 2.45) is 0 Å². The lowest BCUT2D eigenvalue weighted by Crippen LogP contribution is -2.57. The summed E-state index contributed by atoms with van der Waals surface area (Å²) in [5.41, 5.74) is 0.202. The summed E-state index contributed by atoms with van der Waals surface area (Å²) in [7, 11) is 0. The fraction of sp³-hybridized carbons (Fsp3) is 0.562. The van der Waals surface area contributed by atoms with Gasteiger partial charge < -0.3 is 14.6 Å². The Morgan fingerprint density at radius 3 is 1.96 bits per heavy atom. The van der Waals surface area contributed by atoms with Crippen molar-refractivity contribution >= 4 is 17.8 Å². The molecule has 7 nitrogen and oxygen atoms in total. The van der Waals surface area contributed by atoms with Crippen molar-refractivity contribution < 1.29 is 29.0 Å². The van der Waals surface area contributed by atoms with E-state index < -0.39 is 30.0 Å². The average Bonchev–Trinajstić information content (AvgIpc) is 2.36. The van der Waals surface area contributed by atoms with Gasteiger partial charge in [0, 0.05) is 31.4 Å². The minimum Gasteiger partial charge on any atom is -0.438 e. The van der Waals surface area contributed by atoms with Crippen LogP contribution in [-0.2, 0) is 23.9 Å². The molecule has 0 radical (unpaired) electrons. The van der Waals surface area contributed by atoms with E-state index >= 15 is 0 Å². The lowest BCUT2D eigenvalue weighted by atomic mass is 10.2. The molecule has 130 valence electrons. The molecule has 0 aliphatic heterocycles. The van der Waals surface area contributed by atoms with Crippen LogP contribution in [-0.4, -0.2) is 40.0 Å². The SMILES string of the molecule is C=C(C)C(=O)OC(CCC)N(C(C)=O)C(C)(O)OC(=O)C(=C)C. The van der Waals surface area contributed by atoms with Gasteiger partial charge in [-0.25, -0.2) is 14.5 Å². The number of amides is 1. The molecular formula is C16H25NO6. The Bertz CT molecular complexity index is 509. The van der Waals surface area contributed by atoms with Crippen molar-refractivity contribution in [2.45, 2.75) is 59.6 Å². The predicted octanol–water partition coefficient (Wildman–Crippen LogP) is 1.87. The lowest BCUT2D eigenvalue weighted by Gasteiger charge is -2.39. The summed E-state index contributed by atoms with van der Waals surface area (Å²) in [5.74, 6) is -4.51. The maximum Gasteiger partial charge on any atom is 0.336 e. The Balaban J connectivity index is 5.55. The third kappa shape index (κ3) is 6.23. The Hall–Kier alpha value is -2.15. The van der Waals surface area contributed by atoms with E-state index in [9.17, 15) is 19.5 Å². The highest BCUT2D eigenvalue weighted by atomic mass is 16.7. The third-order valence-corrected chi connectivity index (χ3v) is 2.84. The van der Waals surface area contributed by atoms with Gasteiger partial charge in [0.2, 0.25) is 5.91 Å². The highest BCUT2D eigenvalue weighted by Gasteiger charge is 2.42. The van der Waals surface area contributed by atoms with Gasteiger partial charge in [-0.3, -0.25) is 4.79 Å². The second-order valence-corrected chi connectivity index (χ2v) is 5.42. The molecule has 0 aliphatic rings. The molecule has 7 heteroatoms.